The van der Waals surface area contributed by atoms with Gasteiger partial charge in [-0.3, -0.25) is 20.1 Å². The van der Waals surface area contributed by atoms with Crippen LogP contribution < -0.4 is 0 Å². The largest absolute Gasteiger partial charge is 0.287 e. The van der Waals surface area contributed by atoms with Crippen molar-refractivity contribution in [2.24, 2.45) is 10.2 Å². The SMILES string of the molecule is O=[N+]([O-])c1ccc(N=NCc2cnccn2)nc1. The van der Waals surface area contributed by atoms with Crippen LogP contribution in [0, 0.1) is 10.1 Å². The Hall–Kier alpha value is -2.77. The topological polar surface area (TPSA) is 107 Å². The van der Waals surface area contributed by atoms with E-state index >= 15 is 0 Å². The maximum Gasteiger partial charge on any atom is 0.287 e. The summed E-state index contributed by atoms with van der Waals surface area (Å²) in [5.74, 6) is 0.310. The first-order valence-corrected chi connectivity index (χ1v) is 4.98. The highest BCUT2D eigenvalue weighted by molar-refractivity contribution is 5.34. The van der Waals surface area contributed by atoms with Gasteiger partial charge in [0.2, 0.25) is 0 Å². The molecule has 0 atom stereocenters. The third-order valence-corrected chi connectivity index (χ3v) is 1.97. The van der Waals surface area contributed by atoms with Gasteiger partial charge in [-0.2, -0.15) is 5.11 Å². The molecule has 0 saturated carbocycles. The zero-order valence-electron chi connectivity index (χ0n) is 9.17. The van der Waals surface area contributed by atoms with E-state index in [-0.39, 0.29) is 12.2 Å². The summed E-state index contributed by atoms with van der Waals surface area (Å²) < 4.78 is 0. The van der Waals surface area contributed by atoms with Gasteiger partial charge in [-0.05, 0) is 6.07 Å². The molecule has 0 aliphatic carbocycles. The van der Waals surface area contributed by atoms with Gasteiger partial charge in [-0.15, -0.1) is 5.11 Å². The van der Waals surface area contributed by atoms with Crippen molar-refractivity contribution in [3.05, 3.63) is 52.7 Å². The molecular weight excluding hydrogens is 236 g/mol. The molecule has 90 valence electrons. The first-order chi connectivity index (χ1) is 8.75. The Morgan fingerprint density at radius 2 is 2.11 bits per heavy atom. The van der Waals surface area contributed by atoms with E-state index in [1.165, 1.54) is 12.1 Å². The van der Waals surface area contributed by atoms with Crippen LogP contribution in [0.15, 0.2) is 47.1 Å². The summed E-state index contributed by atoms with van der Waals surface area (Å²) in [7, 11) is 0. The summed E-state index contributed by atoms with van der Waals surface area (Å²) >= 11 is 0. The maximum atomic E-state index is 10.4. The predicted octanol–water partition coefficient (Wildman–Crippen LogP) is 2.06. The fraction of sp³-hybridized carbons (Fsp3) is 0.100. The van der Waals surface area contributed by atoms with E-state index in [9.17, 15) is 10.1 Å². The number of nitrogens with zero attached hydrogens (tertiary/aromatic N) is 6. The fourth-order valence-electron chi connectivity index (χ4n) is 1.14. The van der Waals surface area contributed by atoms with Crippen LogP contribution in [0.2, 0.25) is 0 Å². The summed E-state index contributed by atoms with van der Waals surface area (Å²) in [5, 5.41) is 18.1. The van der Waals surface area contributed by atoms with Crippen molar-refractivity contribution < 1.29 is 4.92 Å². The van der Waals surface area contributed by atoms with Gasteiger partial charge in [0.25, 0.3) is 5.69 Å². The molecule has 8 nitrogen and oxygen atoms in total. The van der Waals surface area contributed by atoms with Crippen LogP contribution in [0.4, 0.5) is 11.5 Å². The van der Waals surface area contributed by atoms with E-state index in [2.05, 4.69) is 25.2 Å². The molecule has 8 heteroatoms. The van der Waals surface area contributed by atoms with Crippen LogP contribution in [0.3, 0.4) is 0 Å². The van der Waals surface area contributed by atoms with E-state index in [1.54, 1.807) is 18.6 Å². The molecule has 0 unspecified atom stereocenters. The molecule has 2 rings (SSSR count). The zero-order chi connectivity index (χ0) is 12.8. The molecular formula is C10H8N6O2. The molecule has 0 N–H and O–H groups in total. The second-order valence-electron chi connectivity index (χ2n) is 3.23. The fourth-order valence-corrected chi connectivity index (χ4v) is 1.14. The molecule has 0 aliphatic rings. The minimum absolute atomic E-state index is 0.0807. The van der Waals surface area contributed by atoms with Gasteiger partial charge in [-0.25, -0.2) is 4.98 Å². The number of rotatable bonds is 4. The molecule has 2 aromatic rings. The lowest BCUT2D eigenvalue weighted by atomic mass is 10.4. The minimum Gasteiger partial charge on any atom is -0.261 e. The first-order valence-electron chi connectivity index (χ1n) is 4.98. The summed E-state index contributed by atoms with van der Waals surface area (Å²) in [6, 6.07) is 2.75. The van der Waals surface area contributed by atoms with Crippen LogP contribution in [0.25, 0.3) is 0 Å². The molecule has 0 saturated heterocycles. The molecule has 0 aliphatic heterocycles. The van der Waals surface area contributed by atoms with Gasteiger partial charge in [0, 0.05) is 18.5 Å². The van der Waals surface area contributed by atoms with Gasteiger partial charge >= 0.3 is 0 Å². The summed E-state index contributed by atoms with van der Waals surface area (Å²) in [4.78, 5) is 21.6. The van der Waals surface area contributed by atoms with Crippen LogP contribution >= 0.6 is 0 Å². The third-order valence-electron chi connectivity index (χ3n) is 1.97. The molecule has 18 heavy (non-hydrogen) atoms. The van der Waals surface area contributed by atoms with Gasteiger partial charge in [-0.1, -0.05) is 0 Å². The number of aromatic nitrogens is 3. The second kappa shape index (κ2) is 5.53. The van der Waals surface area contributed by atoms with Crippen molar-refractivity contribution in [3.8, 4) is 0 Å². The van der Waals surface area contributed by atoms with Crippen molar-refractivity contribution in [2.45, 2.75) is 6.54 Å². The average Bonchev–Trinajstić information content (AvgIpc) is 2.40. The third kappa shape index (κ3) is 3.11. The zero-order valence-corrected chi connectivity index (χ0v) is 9.17. The maximum absolute atomic E-state index is 10.4. The summed E-state index contributed by atoms with van der Waals surface area (Å²) in [6.07, 6.45) is 5.85. The Balaban J connectivity index is 1.99. The minimum atomic E-state index is -0.520. The number of hydrogen-bond acceptors (Lipinski definition) is 7. The molecule has 0 spiro atoms. The second-order valence-corrected chi connectivity index (χ2v) is 3.23. The van der Waals surface area contributed by atoms with Crippen LogP contribution in [-0.2, 0) is 6.54 Å². The van der Waals surface area contributed by atoms with Crippen molar-refractivity contribution in [1.82, 2.24) is 15.0 Å². The monoisotopic (exact) mass is 244 g/mol. The lowest BCUT2D eigenvalue weighted by Crippen LogP contribution is -1.88. The number of azo groups is 1. The van der Waals surface area contributed by atoms with Crippen LogP contribution in [-0.4, -0.2) is 19.9 Å². The van der Waals surface area contributed by atoms with E-state index in [1.807, 2.05) is 0 Å². The Bertz CT molecular complexity index is 554. The Morgan fingerprint density at radius 1 is 1.22 bits per heavy atom. The van der Waals surface area contributed by atoms with Gasteiger partial charge in [0.15, 0.2) is 5.82 Å². The lowest BCUT2D eigenvalue weighted by Gasteiger charge is -1.93. The predicted molar refractivity (Wildman–Crippen MR) is 61.1 cm³/mol. The standard InChI is InChI=1S/C10H8N6O2/c17-16(18)9-1-2-10(13-7-9)15-14-6-8-5-11-3-4-12-8/h1-5,7H,6H2. The van der Waals surface area contributed by atoms with Gasteiger partial charge < -0.3 is 0 Å². The normalized spacial score (nSPS) is 10.7. The van der Waals surface area contributed by atoms with Crippen molar-refractivity contribution >= 4 is 11.5 Å². The van der Waals surface area contributed by atoms with Crippen molar-refractivity contribution in [1.29, 1.82) is 0 Å². The van der Waals surface area contributed by atoms with Gasteiger partial charge in [0.05, 0.1) is 16.8 Å². The van der Waals surface area contributed by atoms with Crippen molar-refractivity contribution in [2.75, 3.05) is 0 Å². The highest BCUT2D eigenvalue weighted by Gasteiger charge is 2.04. The Kier molecular flexibility index (Phi) is 3.59. The van der Waals surface area contributed by atoms with Crippen molar-refractivity contribution in [3.63, 3.8) is 0 Å². The highest BCUT2D eigenvalue weighted by atomic mass is 16.6. The molecule has 0 amide bonds. The number of pyridine rings is 1. The van der Waals surface area contributed by atoms with E-state index in [0.717, 1.165) is 6.20 Å². The molecule has 2 heterocycles. The highest BCUT2D eigenvalue weighted by Crippen LogP contribution is 2.14. The van der Waals surface area contributed by atoms with E-state index < -0.39 is 4.92 Å². The number of hydrogen-bond donors (Lipinski definition) is 0. The quantitative estimate of drug-likeness (QED) is 0.464. The molecule has 0 fully saturated rings. The smallest absolute Gasteiger partial charge is 0.261 e. The number of nitro groups is 1. The average molecular weight is 244 g/mol. The summed E-state index contributed by atoms with van der Waals surface area (Å²) in [6.45, 7) is 0.284. The molecule has 2 aromatic heterocycles. The van der Waals surface area contributed by atoms with Crippen LogP contribution in [0.1, 0.15) is 5.69 Å². The molecule has 0 radical (unpaired) electrons. The van der Waals surface area contributed by atoms with E-state index in [4.69, 9.17) is 0 Å². The summed E-state index contributed by atoms with van der Waals surface area (Å²) in [5.41, 5.74) is 0.603. The Morgan fingerprint density at radius 3 is 2.72 bits per heavy atom. The van der Waals surface area contributed by atoms with Gasteiger partial charge in [0.1, 0.15) is 12.7 Å². The van der Waals surface area contributed by atoms with Crippen LogP contribution in [0.5, 0.6) is 0 Å². The first kappa shape index (κ1) is 11.7. The molecule has 0 aromatic carbocycles. The molecule has 0 bridgehead atoms. The Labute approximate surface area is 102 Å². The lowest BCUT2D eigenvalue weighted by molar-refractivity contribution is -0.385. The van der Waals surface area contributed by atoms with E-state index in [0.29, 0.717) is 11.5 Å².